The van der Waals surface area contributed by atoms with Crippen LogP contribution in [-0.4, -0.2) is 48.2 Å². The number of likely N-dealkylation sites (tertiary alicyclic amines) is 1. The van der Waals surface area contributed by atoms with Gasteiger partial charge in [-0.1, -0.05) is 18.2 Å². The second-order valence-corrected chi connectivity index (χ2v) is 6.02. The Balaban J connectivity index is 1.70. The van der Waals surface area contributed by atoms with Crippen molar-refractivity contribution >= 4 is 11.5 Å². The van der Waals surface area contributed by atoms with Crippen molar-refractivity contribution in [3.05, 3.63) is 41.7 Å². The lowest BCUT2D eigenvalue weighted by Gasteiger charge is -2.29. The van der Waals surface area contributed by atoms with Crippen molar-refractivity contribution in [2.75, 3.05) is 26.2 Å². The third-order valence-electron chi connectivity index (χ3n) is 4.15. The van der Waals surface area contributed by atoms with Gasteiger partial charge in [0.25, 0.3) is 0 Å². The van der Waals surface area contributed by atoms with E-state index in [0.29, 0.717) is 17.7 Å². The molecular formula is C18H25FN2O2. The minimum Gasteiger partial charge on any atom is -0.393 e. The molecule has 1 aliphatic rings. The summed E-state index contributed by atoms with van der Waals surface area (Å²) in [5.41, 5.74) is 1.07. The molecule has 1 amide bonds. The Bertz CT molecular complexity index is 552. The van der Waals surface area contributed by atoms with Crippen molar-refractivity contribution in [3.63, 3.8) is 0 Å². The molecule has 1 heterocycles. The fourth-order valence-electron chi connectivity index (χ4n) is 2.76. The van der Waals surface area contributed by atoms with Crippen LogP contribution in [-0.2, 0) is 4.79 Å². The normalized spacial score (nSPS) is 17.3. The van der Waals surface area contributed by atoms with E-state index >= 15 is 0 Å². The number of piperidine rings is 1. The van der Waals surface area contributed by atoms with Crippen molar-refractivity contribution in [1.29, 1.82) is 0 Å². The van der Waals surface area contributed by atoms with Gasteiger partial charge in [-0.15, -0.1) is 0 Å². The maximum absolute atomic E-state index is 13.6. The molecule has 1 aromatic carbocycles. The summed E-state index contributed by atoms with van der Waals surface area (Å²) in [6.45, 7) is 5.09. The number of rotatable bonds is 6. The molecule has 0 spiro atoms. The van der Waals surface area contributed by atoms with Crippen LogP contribution in [0.1, 0.15) is 31.7 Å². The zero-order valence-electron chi connectivity index (χ0n) is 13.6. The number of allylic oxidation sites excluding steroid dienone is 1. The van der Waals surface area contributed by atoms with Gasteiger partial charge in [0.15, 0.2) is 0 Å². The quantitative estimate of drug-likeness (QED) is 0.624. The van der Waals surface area contributed by atoms with Gasteiger partial charge in [0.2, 0.25) is 5.91 Å². The van der Waals surface area contributed by atoms with Crippen molar-refractivity contribution in [2.24, 2.45) is 0 Å². The number of hydrogen-bond acceptors (Lipinski definition) is 3. The van der Waals surface area contributed by atoms with Crippen LogP contribution in [0.4, 0.5) is 4.39 Å². The molecule has 2 N–H and O–H groups in total. The first-order chi connectivity index (χ1) is 11.1. The molecule has 1 saturated heterocycles. The summed E-state index contributed by atoms with van der Waals surface area (Å²) < 4.78 is 13.6. The van der Waals surface area contributed by atoms with E-state index in [1.807, 2.05) is 0 Å². The molecule has 1 fully saturated rings. The first kappa shape index (κ1) is 17.6. The predicted molar refractivity (Wildman–Crippen MR) is 89.4 cm³/mol. The Kier molecular flexibility index (Phi) is 6.74. The monoisotopic (exact) mass is 320 g/mol. The van der Waals surface area contributed by atoms with Gasteiger partial charge in [0.05, 0.1) is 6.10 Å². The Hall–Kier alpha value is -1.72. The molecule has 0 aliphatic carbocycles. The maximum atomic E-state index is 13.6. The number of carbonyl (C=O) groups is 1. The van der Waals surface area contributed by atoms with Gasteiger partial charge < -0.3 is 15.3 Å². The molecule has 0 saturated carbocycles. The molecule has 0 unspecified atom stereocenters. The number of nitrogens with one attached hydrogen (secondary N) is 1. The molecule has 1 aliphatic heterocycles. The average Bonchev–Trinajstić information content (AvgIpc) is 2.53. The highest BCUT2D eigenvalue weighted by Crippen LogP contribution is 2.16. The number of amides is 1. The van der Waals surface area contributed by atoms with Gasteiger partial charge in [-0.05, 0) is 44.4 Å². The molecule has 2 rings (SSSR count). The van der Waals surface area contributed by atoms with E-state index in [4.69, 9.17) is 0 Å². The van der Waals surface area contributed by atoms with Crippen LogP contribution in [0.5, 0.6) is 0 Å². The van der Waals surface area contributed by atoms with Crippen LogP contribution >= 0.6 is 0 Å². The Labute approximate surface area is 137 Å². The lowest BCUT2D eigenvalue weighted by atomic mass is 10.1. The molecule has 0 atom stereocenters. The third-order valence-corrected chi connectivity index (χ3v) is 4.15. The van der Waals surface area contributed by atoms with Crippen molar-refractivity contribution in [3.8, 4) is 0 Å². The number of benzene rings is 1. The average molecular weight is 320 g/mol. The van der Waals surface area contributed by atoms with Crippen molar-refractivity contribution < 1.29 is 14.3 Å². The molecular weight excluding hydrogens is 295 g/mol. The van der Waals surface area contributed by atoms with E-state index in [9.17, 15) is 14.3 Å². The Morgan fingerprint density at radius 1 is 1.39 bits per heavy atom. The van der Waals surface area contributed by atoms with E-state index in [0.717, 1.165) is 38.9 Å². The number of nitrogens with zero attached hydrogens (tertiary/aromatic N) is 1. The van der Waals surface area contributed by atoms with Gasteiger partial charge in [0.1, 0.15) is 5.82 Å². The van der Waals surface area contributed by atoms with Crippen LogP contribution in [0, 0.1) is 5.82 Å². The van der Waals surface area contributed by atoms with Gasteiger partial charge in [-0.25, -0.2) is 4.39 Å². The van der Waals surface area contributed by atoms with E-state index in [-0.39, 0.29) is 17.8 Å². The number of hydrogen-bond donors (Lipinski definition) is 2. The standard InChI is InChI=1S/C18H25FN2O2/c1-14(16-5-2-3-6-17(16)19)13-18(23)20-9-4-10-21-11-7-15(22)8-12-21/h2-3,5-6,13,15,22H,4,7-12H2,1H3,(H,20,23)/b14-13-. The number of carbonyl (C=O) groups excluding carboxylic acids is 1. The zero-order chi connectivity index (χ0) is 16.7. The Morgan fingerprint density at radius 2 is 2.09 bits per heavy atom. The largest absolute Gasteiger partial charge is 0.393 e. The van der Waals surface area contributed by atoms with E-state index < -0.39 is 0 Å². The fraction of sp³-hybridized carbons (Fsp3) is 0.500. The van der Waals surface area contributed by atoms with Gasteiger partial charge >= 0.3 is 0 Å². The van der Waals surface area contributed by atoms with Crippen molar-refractivity contribution in [1.82, 2.24) is 10.2 Å². The highest BCUT2D eigenvalue weighted by atomic mass is 19.1. The van der Waals surface area contributed by atoms with Crippen molar-refractivity contribution in [2.45, 2.75) is 32.3 Å². The molecule has 0 bridgehead atoms. The smallest absolute Gasteiger partial charge is 0.244 e. The molecule has 0 radical (unpaired) electrons. The van der Waals surface area contributed by atoms with E-state index in [1.54, 1.807) is 25.1 Å². The molecule has 126 valence electrons. The first-order valence-corrected chi connectivity index (χ1v) is 8.17. The molecule has 23 heavy (non-hydrogen) atoms. The summed E-state index contributed by atoms with van der Waals surface area (Å²) in [7, 11) is 0. The molecule has 5 heteroatoms. The summed E-state index contributed by atoms with van der Waals surface area (Å²) in [5, 5.41) is 12.3. The van der Waals surface area contributed by atoms with Crippen LogP contribution in [0.2, 0.25) is 0 Å². The highest BCUT2D eigenvalue weighted by Gasteiger charge is 2.16. The van der Waals surface area contributed by atoms with Crippen LogP contribution < -0.4 is 5.32 Å². The second-order valence-electron chi connectivity index (χ2n) is 6.02. The third kappa shape index (κ3) is 5.77. The summed E-state index contributed by atoms with van der Waals surface area (Å²) >= 11 is 0. The first-order valence-electron chi connectivity index (χ1n) is 8.17. The SMILES string of the molecule is C/C(=C/C(=O)NCCCN1CCC(O)CC1)c1ccccc1F. The minimum atomic E-state index is -0.318. The van der Waals surface area contributed by atoms with Gasteiger partial charge in [0, 0.05) is 31.3 Å². The number of aliphatic hydroxyl groups excluding tert-OH is 1. The summed E-state index contributed by atoms with van der Waals surface area (Å²) in [4.78, 5) is 14.2. The molecule has 4 nitrogen and oxygen atoms in total. The lowest BCUT2D eigenvalue weighted by molar-refractivity contribution is -0.116. The fourth-order valence-corrected chi connectivity index (χ4v) is 2.76. The number of aliphatic hydroxyl groups is 1. The summed E-state index contributed by atoms with van der Waals surface area (Å²) in [6.07, 6.45) is 3.82. The van der Waals surface area contributed by atoms with Crippen LogP contribution in [0.3, 0.4) is 0 Å². The predicted octanol–water partition coefficient (Wildman–Crippen LogP) is 2.19. The summed E-state index contributed by atoms with van der Waals surface area (Å²) in [6, 6.07) is 6.44. The van der Waals surface area contributed by atoms with Gasteiger partial charge in [-0.3, -0.25) is 4.79 Å². The van der Waals surface area contributed by atoms with E-state index in [2.05, 4.69) is 10.2 Å². The topological polar surface area (TPSA) is 52.6 Å². The lowest BCUT2D eigenvalue weighted by Crippen LogP contribution is -2.37. The minimum absolute atomic E-state index is 0.155. The highest BCUT2D eigenvalue weighted by molar-refractivity contribution is 5.94. The van der Waals surface area contributed by atoms with E-state index in [1.165, 1.54) is 12.1 Å². The maximum Gasteiger partial charge on any atom is 0.244 e. The number of halogens is 1. The van der Waals surface area contributed by atoms with Gasteiger partial charge in [-0.2, -0.15) is 0 Å². The Morgan fingerprint density at radius 3 is 2.78 bits per heavy atom. The zero-order valence-corrected chi connectivity index (χ0v) is 13.6. The molecule has 1 aromatic rings. The van der Waals surface area contributed by atoms with Crippen LogP contribution in [0.15, 0.2) is 30.3 Å². The molecule has 0 aromatic heterocycles. The second kappa shape index (κ2) is 8.79. The van der Waals surface area contributed by atoms with Crippen LogP contribution in [0.25, 0.3) is 5.57 Å². The summed E-state index contributed by atoms with van der Waals surface area (Å²) in [5.74, 6) is -0.513.